The molecule has 0 aliphatic heterocycles. The van der Waals surface area contributed by atoms with Crippen LogP contribution >= 0.6 is 12.6 Å². The van der Waals surface area contributed by atoms with Gasteiger partial charge in [0.25, 0.3) is 0 Å². The minimum absolute atomic E-state index is 0.0213. The van der Waals surface area contributed by atoms with Crippen LogP contribution in [0, 0.1) is 5.92 Å². The van der Waals surface area contributed by atoms with Gasteiger partial charge in [-0.05, 0) is 12.8 Å². The monoisotopic (exact) mass is 230 g/mol. The van der Waals surface area contributed by atoms with Crippen molar-refractivity contribution in [3.05, 3.63) is 12.2 Å². The van der Waals surface area contributed by atoms with Gasteiger partial charge in [-0.25, -0.2) is 0 Å². The number of esters is 1. The van der Waals surface area contributed by atoms with Crippen LogP contribution in [0.15, 0.2) is 12.2 Å². The molecular weight excluding hydrogens is 216 g/mol. The number of aliphatic carboxylic acids is 1. The van der Waals surface area contributed by atoms with Gasteiger partial charge < -0.3 is 9.84 Å². The molecule has 2 atom stereocenters. The zero-order chi connectivity index (χ0) is 11.3. The van der Waals surface area contributed by atoms with Crippen LogP contribution in [0.4, 0.5) is 0 Å². The molecule has 1 aliphatic rings. The smallest absolute Gasteiger partial charge is 0.315 e. The summed E-state index contributed by atoms with van der Waals surface area (Å²) in [6, 6.07) is 0. The molecule has 4 nitrogen and oxygen atoms in total. The minimum Gasteiger partial charge on any atom is -0.481 e. The Kier molecular flexibility index (Phi) is 4.68. The lowest BCUT2D eigenvalue weighted by atomic mass is 9.99. The van der Waals surface area contributed by atoms with E-state index >= 15 is 0 Å². The quantitative estimate of drug-likeness (QED) is 0.424. The van der Waals surface area contributed by atoms with Gasteiger partial charge in [0, 0.05) is 5.92 Å². The van der Waals surface area contributed by atoms with Crippen molar-refractivity contribution in [1.29, 1.82) is 0 Å². The molecule has 1 N–H and O–H groups in total. The van der Waals surface area contributed by atoms with Gasteiger partial charge in [0.1, 0.15) is 6.10 Å². The molecule has 0 aromatic rings. The highest BCUT2D eigenvalue weighted by Crippen LogP contribution is 2.25. The Labute approximate surface area is 93.7 Å². The topological polar surface area (TPSA) is 63.6 Å². The number of hydrogen-bond acceptors (Lipinski definition) is 4. The first-order valence-corrected chi connectivity index (χ1v) is 5.45. The number of thiol groups is 1. The van der Waals surface area contributed by atoms with E-state index in [4.69, 9.17) is 9.84 Å². The van der Waals surface area contributed by atoms with Gasteiger partial charge in [-0.15, -0.1) is 0 Å². The standard InChI is InChI=1S/C10H14O4S/c11-9(12)5-8(14-10(13)6-15)7-3-1-2-4-7/h1,3,7-8,15H,2,4-6H2,(H,11,12). The molecule has 0 fully saturated rings. The Morgan fingerprint density at radius 1 is 1.60 bits per heavy atom. The van der Waals surface area contributed by atoms with E-state index in [9.17, 15) is 9.59 Å². The molecule has 0 heterocycles. The highest BCUT2D eigenvalue weighted by molar-refractivity contribution is 7.81. The molecule has 0 spiro atoms. The third-order valence-corrected chi connectivity index (χ3v) is 2.57. The zero-order valence-corrected chi connectivity index (χ0v) is 9.15. The van der Waals surface area contributed by atoms with Crippen LogP contribution in [0.25, 0.3) is 0 Å². The second-order valence-electron chi connectivity index (χ2n) is 3.45. The predicted octanol–water partition coefficient (Wildman–Crippen LogP) is 1.27. The van der Waals surface area contributed by atoms with Crippen molar-refractivity contribution in [2.45, 2.75) is 25.4 Å². The lowest BCUT2D eigenvalue weighted by Gasteiger charge is -2.20. The number of hydrogen-bond donors (Lipinski definition) is 2. The molecule has 15 heavy (non-hydrogen) atoms. The summed E-state index contributed by atoms with van der Waals surface area (Å²) in [6.45, 7) is 0. The van der Waals surface area contributed by atoms with E-state index in [1.165, 1.54) is 0 Å². The van der Waals surface area contributed by atoms with E-state index < -0.39 is 18.0 Å². The third kappa shape index (κ3) is 3.95. The van der Waals surface area contributed by atoms with Crippen molar-refractivity contribution >= 4 is 24.6 Å². The Morgan fingerprint density at radius 3 is 2.80 bits per heavy atom. The van der Waals surface area contributed by atoms with Crippen LogP contribution < -0.4 is 0 Å². The SMILES string of the molecule is O=C(O)CC(OC(=O)CS)C1C=CCC1. The minimum atomic E-state index is -0.952. The first kappa shape index (κ1) is 12.1. The molecule has 0 amide bonds. The van der Waals surface area contributed by atoms with Gasteiger partial charge >= 0.3 is 11.9 Å². The fourth-order valence-corrected chi connectivity index (χ4v) is 1.70. The first-order valence-electron chi connectivity index (χ1n) is 4.82. The summed E-state index contributed by atoms with van der Waals surface area (Å²) < 4.78 is 5.05. The predicted molar refractivity (Wildman–Crippen MR) is 57.8 cm³/mol. The second-order valence-corrected chi connectivity index (χ2v) is 3.77. The van der Waals surface area contributed by atoms with Gasteiger partial charge in [-0.3, -0.25) is 9.59 Å². The van der Waals surface area contributed by atoms with Crippen molar-refractivity contribution in [3.63, 3.8) is 0 Å². The molecule has 0 radical (unpaired) electrons. The number of carbonyl (C=O) groups is 2. The molecule has 0 aromatic carbocycles. The summed E-state index contributed by atoms with van der Waals surface area (Å²) in [6.07, 6.45) is 4.96. The van der Waals surface area contributed by atoms with Crippen LogP contribution in [-0.4, -0.2) is 28.9 Å². The van der Waals surface area contributed by atoms with E-state index in [1.807, 2.05) is 12.2 Å². The molecule has 0 saturated carbocycles. The van der Waals surface area contributed by atoms with Crippen molar-refractivity contribution in [3.8, 4) is 0 Å². The number of rotatable bonds is 5. The van der Waals surface area contributed by atoms with Crippen LogP contribution in [0.5, 0.6) is 0 Å². The Morgan fingerprint density at radius 2 is 2.33 bits per heavy atom. The zero-order valence-electron chi connectivity index (χ0n) is 8.26. The van der Waals surface area contributed by atoms with Gasteiger partial charge in [0.05, 0.1) is 12.2 Å². The Bertz CT molecular complexity index is 275. The number of allylic oxidation sites excluding steroid dienone is 1. The first-order chi connectivity index (χ1) is 7.13. The second kappa shape index (κ2) is 5.80. The normalized spacial score (nSPS) is 21.3. The molecule has 0 saturated heterocycles. The van der Waals surface area contributed by atoms with Gasteiger partial charge in [0.15, 0.2) is 0 Å². The lowest BCUT2D eigenvalue weighted by Crippen LogP contribution is -2.28. The van der Waals surface area contributed by atoms with Crippen molar-refractivity contribution in [2.75, 3.05) is 5.75 Å². The summed E-state index contributed by atoms with van der Waals surface area (Å²) in [7, 11) is 0. The summed E-state index contributed by atoms with van der Waals surface area (Å²) in [5, 5.41) is 8.70. The Balaban J connectivity index is 2.55. The van der Waals surface area contributed by atoms with Gasteiger partial charge in [0.2, 0.25) is 0 Å². The molecule has 1 rings (SSSR count). The number of carbonyl (C=O) groups excluding carboxylic acids is 1. The molecule has 0 aromatic heterocycles. The highest BCUT2D eigenvalue weighted by atomic mass is 32.1. The molecule has 2 unspecified atom stereocenters. The van der Waals surface area contributed by atoms with Gasteiger partial charge in [-0.1, -0.05) is 12.2 Å². The summed E-state index contributed by atoms with van der Waals surface area (Å²) in [5.41, 5.74) is 0. The fraction of sp³-hybridized carbons (Fsp3) is 0.600. The number of ether oxygens (including phenoxy) is 1. The molecule has 5 heteroatoms. The molecule has 1 aliphatic carbocycles. The van der Waals surface area contributed by atoms with Crippen LogP contribution in [0.2, 0.25) is 0 Å². The maximum Gasteiger partial charge on any atom is 0.315 e. The van der Waals surface area contributed by atoms with Crippen LogP contribution in [-0.2, 0) is 14.3 Å². The maximum atomic E-state index is 11.0. The van der Waals surface area contributed by atoms with Crippen molar-refractivity contribution in [1.82, 2.24) is 0 Å². The fourth-order valence-electron chi connectivity index (χ4n) is 1.62. The summed E-state index contributed by atoms with van der Waals surface area (Å²) in [4.78, 5) is 21.6. The summed E-state index contributed by atoms with van der Waals surface area (Å²) in [5.74, 6) is -1.41. The van der Waals surface area contributed by atoms with Crippen LogP contribution in [0.1, 0.15) is 19.3 Å². The van der Waals surface area contributed by atoms with E-state index in [0.717, 1.165) is 12.8 Å². The van der Waals surface area contributed by atoms with Crippen molar-refractivity contribution in [2.24, 2.45) is 5.92 Å². The average Bonchev–Trinajstić information content (AvgIpc) is 2.68. The largest absolute Gasteiger partial charge is 0.481 e. The molecule has 0 bridgehead atoms. The number of carboxylic acid groups (broad SMARTS) is 1. The van der Waals surface area contributed by atoms with Crippen molar-refractivity contribution < 1.29 is 19.4 Å². The van der Waals surface area contributed by atoms with E-state index in [0.29, 0.717) is 0 Å². The lowest BCUT2D eigenvalue weighted by molar-refractivity contribution is -0.152. The highest BCUT2D eigenvalue weighted by Gasteiger charge is 2.26. The van der Waals surface area contributed by atoms with E-state index in [1.54, 1.807) is 0 Å². The van der Waals surface area contributed by atoms with Gasteiger partial charge in [-0.2, -0.15) is 12.6 Å². The van der Waals surface area contributed by atoms with E-state index in [-0.39, 0.29) is 18.1 Å². The number of carboxylic acids is 1. The maximum absolute atomic E-state index is 11.0. The summed E-state index contributed by atoms with van der Waals surface area (Å²) >= 11 is 3.78. The molecule has 84 valence electrons. The third-order valence-electron chi connectivity index (χ3n) is 2.32. The molecular formula is C10H14O4S. The average molecular weight is 230 g/mol. The van der Waals surface area contributed by atoms with Crippen LogP contribution in [0.3, 0.4) is 0 Å². The Hall–Kier alpha value is -0.970. The van der Waals surface area contributed by atoms with E-state index in [2.05, 4.69) is 12.6 Å².